The van der Waals surface area contributed by atoms with Crippen LogP contribution in [0.3, 0.4) is 0 Å². The van der Waals surface area contributed by atoms with Gasteiger partial charge in [-0.2, -0.15) is 0 Å². The van der Waals surface area contributed by atoms with Crippen LogP contribution in [-0.4, -0.2) is 4.98 Å². The summed E-state index contributed by atoms with van der Waals surface area (Å²) in [6.45, 7) is 0.454. The zero-order chi connectivity index (χ0) is 14.1. The van der Waals surface area contributed by atoms with Gasteiger partial charge in [0.2, 0.25) is 0 Å². The molecular formula is C15H11BrF2N2. The Labute approximate surface area is 122 Å². The predicted molar refractivity (Wildman–Crippen MR) is 79.7 cm³/mol. The molecule has 1 heterocycles. The number of anilines is 1. The lowest BCUT2D eigenvalue weighted by molar-refractivity contribution is 0.583. The minimum atomic E-state index is -0.613. The first kappa shape index (κ1) is 13.1. The number of fused-ring (bicyclic) bond motifs is 1. The molecule has 0 spiro atoms. The lowest BCUT2D eigenvalue weighted by Crippen LogP contribution is -2.02. The van der Waals surface area contributed by atoms with Crippen molar-refractivity contribution in [2.75, 3.05) is 5.32 Å². The first-order chi connectivity index (χ1) is 9.63. The first-order valence-corrected chi connectivity index (χ1v) is 6.87. The fourth-order valence-electron chi connectivity index (χ4n) is 2.11. The third-order valence-electron chi connectivity index (χ3n) is 3.10. The van der Waals surface area contributed by atoms with Crippen molar-refractivity contribution in [2.24, 2.45) is 0 Å². The zero-order valence-corrected chi connectivity index (χ0v) is 12.0. The van der Waals surface area contributed by atoms with Crippen molar-refractivity contribution in [1.82, 2.24) is 4.98 Å². The van der Waals surface area contributed by atoms with E-state index >= 15 is 0 Å². The maximum Gasteiger partial charge on any atom is 0.150 e. The molecule has 0 amide bonds. The van der Waals surface area contributed by atoms with Gasteiger partial charge in [-0.3, -0.25) is 0 Å². The third-order valence-corrected chi connectivity index (χ3v) is 3.72. The van der Waals surface area contributed by atoms with E-state index in [1.54, 1.807) is 0 Å². The van der Waals surface area contributed by atoms with Gasteiger partial charge < -0.3 is 10.3 Å². The molecule has 20 heavy (non-hydrogen) atoms. The maximum atomic E-state index is 13.7. The number of aromatic nitrogens is 1. The Morgan fingerprint density at radius 1 is 1.10 bits per heavy atom. The Kier molecular flexibility index (Phi) is 3.44. The van der Waals surface area contributed by atoms with Crippen molar-refractivity contribution < 1.29 is 8.78 Å². The monoisotopic (exact) mass is 336 g/mol. The minimum absolute atomic E-state index is 0.262. The third kappa shape index (κ3) is 2.54. The number of nitrogens with one attached hydrogen (secondary N) is 2. The van der Waals surface area contributed by atoms with Gasteiger partial charge in [-0.25, -0.2) is 8.78 Å². The van der Waals surface area contributed by atoms with Gasteiger partial charge in [-0.15, -0.1) is 0 Å². The van der Waals surface area contributed by atoms with Crippen LogP contribution in [-0.2, 0) is 6.54 Å². The van der Waals surface area contributed by atoms with Crippen LogP contribution in [0.25, 0.3) is 10.9 Å². The summed E-state index contributed by atoms with van der Waals surface area (Å²) in [5, 5.41) is 4.11. The number of halogens is 3. The van der Waals surface area contributed by atoms with Gasteiger partial charge in [0.15, 0.2) is 0 Å². The van der Waals surface area contributed by atoms with Crippen molar-refractivity contribution in [1.29, 1.82) is 0 Å². The Balaban J connectivity index is 1.82. The lowest BCUT2D eigenvalue weighted by atomic mass is 10.1. The molecule has 0 aliphatic carbocycles. The molecule has 102 valence electrons. The molecule has 3 rings (SSSR count). The zero-order valence-electron chi connectivity index (χ0n) is 10.4. The number of hydrogen-bond acceptors (Lipinski definition) is 1. The quantitative estimate of drug-likeness (QED) is 0.705. The number of hydrogen-bond donors (Lipinski definition) is 2. The molecule has 2 N–H and O–H groups in total. The molecule has 1 aromatic heterocycles. The van der Waals surface area contributed by atoms with Gasteiger partial charge in [0.25, 0.3) is 0 Å². The lowest BCUT2D eigenvalue weighted by Gasteiger charge is -2.10. The second kappa shape index (κ2) is 5.25. The van der Waals surface area contributed by atoms with Crippen molar-refractivity contribution >= 4 is 32.5 Å². The molecule has 2 nitrogen and oxygen atoms in total. The molecule has 3 aromatic rings. The normalized spacial score (nSPS) is 10.9. The molecule has 0 radical (unpaired) electrons. The topological polar surface area (TPSA) is 27.8 Å². The summed E-state index contributed by atoms with van der Waals surface area (Å²) < 4.78 is 27.1. The van der Waals surface area contributed by atoms with Crippen LogP contribution < -0.4 is 5.32 Å². The summed E-state index contributed by atoms with van der Waals surface area (Å²) in [5.41, 5.74) is 2.30. The Bertz CT molecular complexity index is 744. The van der Waals surface area contributed by atoms with Crippen LogP contribution in [0, 0.1) is 11.6 Å². The SMILES string of the molecule is Fc1cc(F)c(NCc2ccc3cc[nH]c3c2)c(Br)c1. The van der Waals surface area contributed by atoms with E-state index in [-0.39, 0.29) is 5.69 Å². The highest BCUT2D eigenvalue weighted by Gasteiger charge is 2.09. The highest BCUT2D eigenvalue weighted by molar-refractivity contribution is 9.10. The molecule has 2 aromatic carbocycles. The number of aromatic amines is 1. The Morgan fingerprint density at radius 2 is 1.95 bits per heavy atom. The molecule has 0 unspecified atom stereocenters. The van der Waals surface area contributed by atoms with Crippen molar-refractivity contribution in [3.05, 3.63) is 64.3 Å². The number of rotatable bonds is 3. The van der Waals surface area contributed by atoms with E-state index in [4.69, 9.17) is 0 Å². The van der Waals surface area contributed by atoms with Crippen LogP contribution in [0.2, 0.25) is 0 Å². The highest BCUT2D eigenvalue weighted by Crippen LogP contribution is 2.27. The summed E-state index contributed by atoms with van der Waals surface area (Å²) in [4.78, 5) is 3.13. The largest absolute Gasteiger partial charge is 0.378 e. The molecule has 0 fully saturated rings. The molecule has 0 saturated carbocycles. The van der Waals surface area contributed by atoms with E-state index in [0.29, 0.717) is 11.0 Å². The fraction of sp³-hybridized carbons (Fsp3) is 0.0667. The van der Waals surface area contributed by atoms with Crippen molar-refractivity contribution in [2.45, 2.75) is 6.54 Å². The molecule has 0 aliphatic rings. The first-order valence-electron chi connectivity index (χ1n) is 6.08. The minimum Gasteiger partial charge on any atom is -0.378 e. The van der Waals surface area contributed by atoms with Gasteiger partial charge in [0.05, 0.1) is 5.69 Å². The summed E-state index contributed by atoms with van der Waals surface area (Å²) >= 11 is 3.16. The van der Waals surface area contributed by atoms with E-state index in [9.17, 15) is 8.78 Å². The van der Waals surface area contributed by atoms with Crippen molar-refractivity contribution in [3.63, 3.8) is 0 Å². The average molecular weight is 337 g/mol. The summed E-state index contributed by atoms with van der Waals surface area (Å²) in [5.74, 6) is -1.22. The van der Waals surface area contributed by atoms with Crippen LogP contribution in [0.5, 0.6) is 0 Å². The number of H-pyrrole nitrogens is 1. The molecule has 5 heteroatoms. The summed E-state index contributed by atoms with van der Waals surface area (Å²) in [7, 11) is 0. The average Bonchev–Trinajstić information content (AvgIpc) is 2.84. The Morgan fingerprint density at radius 3 is 2.75 bits per heavy atom. The molecule has 0 atom stereocenters. The predicted octanol–water partition coefficient (Wildman–Crippen LogP) is 4.82. The van der Waals surface area contributed by atoms with Gasteiger partial charge in [0.1, 0.15) is 11.6 Å². The van der Waals surface area contributed by atoms with Gasteiger partial charge in [0, 0.05) is 28.8 Å². The van der Waals surface area contributed by atoms with Crippen molar-refractivity contribution in [3.8, 4) is 0 Å². The van der Waals surface area contributed by atoms with Gasteiger partial charge in [-0.05, 0) is 45.1 Å². The maximum absolute atomic E-state index is 13.7. The van der Waals surface area contributed by atoms with E-state index < -0.39 is 11.6 Å². The van der Waals surface area contributed by atoms with Crippen LogP contribution >= 0.6 is 15.9 Å². The molecular weight excluding hydrogens is 326 g/mol. The van der Waals surface area contributed by atoms with Crippen LogP contribution in [0.15, 0.2) is 47.1 Å². The second-order valence-electron chi connectivity index (χ2n) is 4.50. The molecule has 0 aliphatic heterocycles. The van der Waals surface area contributed by atoms with E-state index in [2.05, 4.69) is 26.2 Å². The van der Waals surface area contributed by atoms with Gasteiger partial charge >= 0.3 is 0 Å². The smallest absolute Gasteiger partial charge is 0.150 e. The number of benzene rings is 2. The molecule has 0 bridgehead atoms. The molecule has 0 saturated heterocycles. The fourth-order valence-corrected chi connectivity index (χ4v) is 2.65. The van der Waals surface area contributed by atoms with E-state index in [1.165, 1.54) is 6.07 Å². The van der Waals surface area contributed by atoms with Gasteiger partial charge in [-0.1, -0.05) is 12.1 Å². The van der Waals surface area contributed by atoms with Crippen LogP contribution in [0.4, 0.5) is 14.5 Å². The summed E-state index contributed by atoms with van der Waals surface area (Å²) in [6.07, 6.45) is 1.87. The highest BCUT2D eigenvalue weighted by atomic mass is 79.9. The standard InChI is InChI=1S/C15H11BrF2N2/c16-12-6-11(17)7-13(18)15(12)20-8-9-1-2-10-3-4-19-14(10)5-9/h1-7,19-20H,8H2. The summed E-state index contributed by atoms with van der Waals surface area (Å²) in [6, 6.07) is 10.1. The Hall–Kier alpha value is -1.88. The van der Waals surface area contributed by atoms with Crippen LogP contribution in [0.1, 0.15) is 5.56 Å². The van der Waals surface area contributed by atoms with E-state index in [0.717, 1.165) is 22.5 Å². The second-order valence-corrected chi connectivity index (χ2v) is 5.35. The van der Waals surface area contributed by atoms with E-state index in [1.807, 2.05) is 30.5 Å².